The molecule has 0 radical (unpaired) electrons. The van der Waals surface area contributed by atoms with Crippen LogP contribution in [0.2, 0.25) is 0 Å². The lowest BCUT2D eigenvalue weighted by molar-refractivity contribution is -0.120. The van der Waals surface area contributed by atoms with Gasteiger partial charge < -0.3 is 15.2 Å². The molecule has 3 aromatic carbocycles. The molecule has 0 spiro atoms. The number of nitrogens with zero attached hydrogens (tertiary/aromatic N) is 1. The van der Waals surface area contributed by atoms with E-state index in [1.54, 1.807) is 6.07 Å². The number of amides is 1. The van der Waals surface area contributed by atoms with Crippen LogP contribution in [0.3, 0.4) is 0 Å². The highest BCUT2D eigenvalue weighted by Crippen LogP contribution is 2.25. The van der Waals surface area contributed by atoms with Crippen LogP contribution < -0.4 is 15.4 Å². The summed E-state index contributed by atoms with van der Waals surface area (Å²) in [5.74, 6) is -0.539. The summed E-state index contributed by atoms with van der Waals surface area (Å²) in [7, 11) is 1.49. The zero-order valence-corrected chi connectivity index (χ0v) is 15.4. The molecule has 0 atom stereocenters. The van der Waals surface area contributed by atoms with Gasteiger partial charge in [0.25, 0.3) is 5.91 Å². The molecule has 1 amide bonds. The van der Waals surface area contributed by atoms with E-state index >= 15 is 0 Å². The monoisotopic (exact) mass is 376 g/mol. The number of hydrogen-bond donors (Lipinski definition) is 1. The smallest absolute Gasteiger partial charge is 0.338 e. The molecule has 0 saturated heterocycles. The maximum atomic E-state index is 12.9. The van der Waals surface area contributed by atoms with E-state index in [-0.39, 0.29) is 11.5 Å². The molecule has 6 heteroatoms. The summed E-state index contributed by atoms with van der Waals surface area (Å²) >= 11 is 0. The second-order valence-electron chi connectivity index (χ2n) is 5.93. The van der Waals surface area contributed by atoms with E-state index in [1.807, 2.05) is 60.7 Å². The standard InChI is InChI=1S/C22H20N2O4/c1-27-20-13-12-16(14-19(20)23)22(26)28-15-21(25)24(17-8-4-2-5-9-17)18-10-6-3-7-11-18/h2-14H,15,23H2,1H3. The fourth-order valence-electron chi connectivity index (χ4n) is 2.73. The fraction of sp³-hybridized carbons (Fsp3) is 0.0909. The van der Waals surface area contributed by atoms with Crippen molar-refractivity contribution in [1.82, 2.24) is 0 Å². The molecule has 0 bridgehead atoms. The number of benzene rings is 3. The Kier molecular flexibility index (Phi) is 5.91. The molecule has 3 aromatic rings. The number of esters is 1. The molecule has 0 unspecified atom stereocenters. The number of nitrogens with two attached hydrogens (primary N) is 1. The van der Waals surface area contributed by atoms with Gasteiger partial charge in [-0.25, -0.2) is 4.79 Å². The quantitative estimate of drug-likeness (QED) is 0.523. The lowest BCUT2D eigenvalue weighted by Gasteiger charge is -2.22. The molecule has 0 saturated carbocycles. The van der Waals surface area contributed by atoms with Gasteiger partial charge in [-0.15, -0.1) is 0 Å². The average Bonchev–Trinajstić information content (AvgIpc) is 2.73. The van der Waals surface area contributed by atoms with Gasteiger partial charge in [0.2, 0.25) is 0 Å². The van der Waals surface area contributed by atoms with Crippen LogP contribution in [-0.2, 0) is 9.53 Å². The minimum atomic E-state index is -0.635. The molecule has 6 nitrogen and oxygen atoms in total. The van der Waals surface area contributed by atoms with Crippen LogP contribution in [0.4, 0.5) is 17.1 Å². The van der Waals surface area contributed by atoms with Crippen molar-refractivity contribution in [2.75, 3.05) is 24.4 Å². The first-order chi connectivity index (χ1) is 13.6. The Morgan fingerprint density at radius 2 is 1.46 bits per heavy atom. The van der Waals surface area contributed by atoms with E-state index in [0.29, 0.717) is 22.8 Å². The number of methoxy groups -OCH3 is 1. The minimum absolute atomic E-state index is 0.247. The van der Waals surface area contributed by atoms with Crippen LogP contribution in [0.1, 0.15) is 10.4 Å². The molecule has 3 rings (SSSR count). The largest absolute Gasteiger partial charge is 0.495 e. The topological polar surface area (TPSA) is 81.9 Å². The van der Waals surface area contributed by atoms with E-state index in [2.05, 4.69) is 0 Å². The fourth-order valence-corrected chi connectivity index (χ4v) is 2.73. The van der Waals surface area contributed by atoms with Gasteiger partial charge in [0.15, 0.2) is 6.61 Å². The summed E-state index contributed by atoms with van der Waals surface area (Å²) in [6, 6.07) is 22.9. The highest BCUT2D eigenvalue weighted by molar-refractivity contribution is 6.02. The Balaban J connectivity index is 1.75. The van der Waals surface area contributed by atoms with Crippen LogP contribution in [0, 0.1) is 0 Å². The van der Waals surface area contributed by atoms with Crippen molar-refractivity contribution in [2.45, 2.75) is 0 Å². The number of carbonyl (C=O) groups is 2. The van der Waals surface area contributed by atoms with Crippen molar-refractivity contribution in [3.63, 3.8) is 0 Å². The van der Waals surface area contributed by atoms with Crippen LogP contribution >= 0.6 is 0 Å². The van der Waals surface area contributed by atoms with Crippen molar-refractivity contribution in [2.24, 2.45) is 0 Å². The van der Waals surface area contributed by atoms with Crippen molar-refractivity contribution < 1.29 is 19.1 Å². The van der Waals surface area contributed by atoms with E-state index in [4.69, 9.17) is 15.2 Å². The average molecular weight is 376 g/mol. The summed E-state index contributed by atoms with van der Waals surface area (Å²) < 4.78 is 10.3. The molecule has 0 aliphatic heterocycles. The van der Waals surface area contributed by atoms with Gasteiger partial charge in [0.1, 0.15) is 5.75 Å². The summed E-state index contributed by atoms with van der Waals surface area (Å²) in [4.78, 5) is 26.7. The lowest BCUT2D eigenvalue weighted by atomic mass is 10.2. The van der Waals surface area contributed by atoms with Gasteiger partial charge in [-0.2, -0.15) is 0 Å². The molecule has 0 aliphatic carbocycles. The Morgan fingerprint density at radius 3 is 1.96 bits per heavy atom. The van der Waals surface area contributed by atoms with Gasteiger partial charge in [0, 0.05) is 11.4 Å². The molecular formula is C22H20N2O4. The predicted molar refractivity (Wildman–Crippen MR) is 108 cm³/mol. The third-order valence-electron chi connectivity index (χ3n) is 4.07. The molecule has 28 heavy (non-hydrogen) atoms. The predicted octanol–water partition coefficient (Wildman–Crippen LogP) is 3.80. The summed E-state index contributed by atoms with van der Waals surface area (Å²) in [6.45, 7) is -0.408. The molecular weight excluding hydrogens is 356 g/mol. The zero-order valence-electron chi connectivity index (χ0n) is 15.4. The third-order valence-corrected chi connectivity index (χ3v) is 4.07. The maximum absolute atomic E-state index is 12.9. The van der Waals surface area contributed by atoms with Crippen LogP contribution in [-0.4, -0.2) is 25.6 Å². The second-order valence-corrected chi connectivity index (χ2v) is 5.93. The van der Waals surface area contributed by atoms with Crippen molar-refractivity contribution in [3.05, 3.63) is 84.4 Å². The SMILES string of the molecule is COc1ccc(C(=O)OCC(=O)N(c2ccccc2)c2ccccc2)cc1N. The molecule has 0 aliphatic rings. The number of para-hydroxylation sites is 2. The number of rotatable bonds is 6. The molecule has 0 heterocycles. The van der Waals surface area contributed by atoms with Crippen LogP contribution in [0.15, 0.2) is 78.9 Å². The summed E-state index contributed by atoms with van der Waals surface area (Å²) in [5, 5.41) is 0. The van der Waals surface area contributed by atoms with E-state index in [9.17, 15) is 9.59 Å². The van der Waals surface area contributed by atoms with Gasteiger partial charge in [-0.1, -0.05) is 36.4 Å². The normalized spacial score (nSPS) is 10.2. The number of anilines is 3. The lowest BCUT2D eigenvalue weighted by Crippen LogP contribution is -2.30. The first kappa shape index (κ1) is 19.0. The van der Waals surface area contributed by atoms with Crippen LogP contribution in [0.5, 0.6) is 5.75 Å². The first-order valence-corrected chi connectivity index (χ1v) is 8.64. The van der Waals surface area contributed by atoms with E-state index in [1.165, 1.54) is 24.1 Å². The van der Waals surface area contributed by atoms with E-state index in [0.717, 1.165) is 0 Å². The highest BCUT2D eigenvalue weighted by Gasteiger charge is 2.20. The molecule has 142 valence electrons. The second kappa shape index (κ2) is 8.73. The van der Waals surface area contributed by atoms with Crippen molar-refractivity contribution in [3.8, 4) is 5.75 Å². The minimum Gasteiger partial charge on any atom is -0.495 e. The Bertz CT molecular complexity index is 919. The molecule has 0 aromatic heterocycles. The molecule has 0 fully saturated rings. The van der Waals surface area contributed by atoms with Gasteiger partial charge >= 0.3 is 5.97 Å². The number of hydrogen-bond acceptors (Lipinski definition) is 5. The number of nitrogen functional groups attached to an aromatic ring is 1. The number of ether oxygens (including phenoxy) is 2. The zero-order chi connectivity index (χ0) is 19.9. The Labute approximate surface area is 163 Å². The first-order valence-electron chi connectivity index (χ1n) is 8.64. The highest BCUT2D eigenvalue weighted by atomic mass is 16.5. The maximum Gasteiger partial charge on any atom is 0.338 e. The van der Waals surface area contributed by atoms with Gasteiger partial charge in [0.05, 0.1) is 18.4 Å². The number of carbonyl (C=O) groups excluding carboxylic acids is 2. The Morgan fingerprint density at radius 1 is 0.893 bits per heavy atom. The Hall–Kier alpha value is -3.80. The van der Waals surface area contributed by atoms with Gasteiger partial charge in [-0.3, -0.25) is 9.69 Å². The third kappa shape index (κ3) is 4.29. The summed E-state index contributed by atoms with van der Waals surface area (Å²) in [5.41, 5.74) is 7.75. The summed E-state index contributed by atoms with van der Waals surface area (Å²) in [6.07, 6.45) is 0. The van der Waals surface area contributed by atoms with Crippen LogP contribution in [0.25, 0.3) is 0 Å². The van der Waals surface area contributed by atoms with Gasteiger partial charge in [-0.05, 0) is 42.5 Å². The van der Waals surface area contributed by atoms with Crippen molar-refractivity contribution in [1.29, 1.82) is 0 Å². The molecule has 2 N–H and O–H groups in total. The van der Waals surface area contributed by atoms with Crippen molar-refractivity contribution >= 4 is 28.9 Å². The van der Waals surface area contributed by atoms with E-state index < -0.39 is 12.6 Å².